The number of nitrogens with zero attached hydrogens (tertiary/aromatic N) is 1. The minimum Gasteiger partial charge on any atom is -0.507 e. The van der Waals surface area contributed by atoms with Crippen LogP contribution in [0.4, 0.5) is 13.2 Å². The third-order valence-corrected chi connectivity index (χ3v) is 3.08. The van der Waals surface area contributed by atoms with Crippen molar-refractivity contribution in [2.24, 2.45) is 5.10 Å². The lowest BCUT2D eigenvalue weighted by Gasteiger charge is -2.07. The number of phenolic OH excluding ortho intramolecular Hbond substituents is 1. The zero-order valence-corrected chi connectivity index (χ0v) is 12.5. The Hall–Kier alpha value is -3.03. The monoisotopic (exact) mass is 338 g/mol. The molecule has 0 heterocycles. The zero-order chi connectivity index (χ0) is 17.7. The Morgan fingerprint density at radius 3 is 2.42 bits per heavy atom. The van der Waals surface area contributed by atoms with E-state index in [1.807, 2.05) is 0 Å². The number of ether oxygens (including phenoxy) is 1. The van der Waals surface area contributed by atoms with Gasteiger partial charge in [-0.05, 0) is 36.4 Å². The van der Waals surface area contributed by atoms with E-state index >= 15 is 0 Å². The van der Waals surface area contributed by atoms with Crippen molar-refractivity contribution < 1.29 is 27.8 Å². The van der Waals surface area contributed by atoms with Gasteiger partial charge in [-0.1, -0.05) is 0 Å². The van der Waals surface area contributed by atoms with Crippen LogP contribution in [0.25, 0.3) is 0 Å². The molecule has 0 saturated heterocycles. The van der Waals surface area contributed by atoms with E-state index in [1.165, 1.54) is 25.5 Å². The molecule has 2 rings (SSSR count). The lowest BCUT2D eigenvalue weighted by Crippen LogP contribution is -2.18. The summed E-state index contributed by atoms with van der Waals surface area (Å²) in [6.45, 7) is 0. The summed E-state index contributed by atoms with van der Waals surface area (Å²) in [5, 5.41) is 13.4. The number of benzene rings is 2. The summed E-state index contributed by atoms with van der Waals surface area (Å²) >= 11 is 0. The van der Waals surface area contributed by atoms with Crippen molar-refractivity contribution in [3.8, 4) is 11.5 Å². The van der Waals surface area contributed by atoms with E-state index in [9.17, 15) is 23.1 Å². The molecule has 2 aromatic carbocycles. The first-order valence-corrected chi connectivity index (χ1v) is 6.69. The average Bonchev–Trinajstić information content (AvgIpc) is 2.55. The van der Waals surface area contributed by atoms with Crippen LogP contribution >= 0.6 is 0 Å². The predicted molar refractivity (Wildman–Crippen MR) is 81.2 cm³/mol. The quantitative estimate of drug-likeness (QED) is 0.664. The van der Waals surface area contributed by atoms with Crippen molar-refractivity contribution in [1.82, 2.24) is 5.43 Å². The van der Waals surface area contributed by atoms with Crippen LogP contribution in [-0.4, -0.2) is 24.3 Å². The third kappa shape index (κ3) is 4.25. The molecule has 0 aliphatic carbocycles. The molecule has 0 radical (unpaired) electrons. The second-order valence-electron chi connectivity index (χ2n) is 4.70. The van der Waals surface area contributed by atoms with Crippen molar-refractivity contribution in [2.45, 2.75) is 6.18 Å². The van der Waals surface area contributed by atoms with E-state index in [0.29, 0.717) is 11.3 Å². The van der Waals surface area contributed by atoms with Gasteiger partial charge in [-0.25, -0.2) is 5.43 Å². The van der Waals surface area contributed by atoms with E-state index in [0.717, 1.165) is 24.3 Å². The van der Waals surface area contributed by atoms with Crippen LogP contribution in [0.2, 0.25) is 0 Å². The number of rotatable bonds is 4. The van der Waals surface area contributed by atoms with Gasteiger partial charge in [0.1, 0.15) is 11.5 Å². The van der Waals surface area contributed by atoms with E-state index in [-0.39, 0.29) is 11.3 Å². The highest BCUT2D eigenvalue weighted by Gasteiger charge is 2.30. The Balaban J connectivity index is 2.02. The summed E-state index contributed by atoms with van der Waals surface area (Å²) < 4.78 is 42.3. The van der Waals surface area contributed by atoms with Gasteiger partial charge in [0.2, 0.25) is 0 Å². The Bertz CT molecular complexity index is 756. The first-order valence-electron chi connectivity index (χ1n) is 6.69. The number of aromatic hydroxyl groups is 1. The largest absolute Gasteiger partial charge is 0.507 e. The molecule has 2 aromatic rings. The fourth-order valence-corrected chi connectivity index (χ4v) is 1.80. The Labute approximate surface area is 135 Å². The highest BCUT2D eigenvalue weighted by molar-refractivity contribution is 5.95. The van der Waals surface area contributed by atoms with Crippen molar-refractivity contribution in [2.75, 3.05) is 7.11 Å². The third-order valence-electron chi connectivity index (χ3n) is 3.08. The van der Waals surface area contributed by atoms with Gasteiger partial charge in [-0.2, -0.15) is 18.3 Å². The van der Waals surface area contributed by atoms with E-state index in [2.05, 4.69) is 10.5 Å². The minimum absolute atomic E-state index is 0.0269. The number of alkyl halides is 3. The standard InChI is InChI=1S/C16H13F3N2O3/c1-24-13-7-4-11(14(22)8-13)9-20-21-15(23)10-2-5-12(6-3-10)16(17,18)19/h2-9,22H,1H3,(H,21,23)/b20-9+. The summed E-state index contributed by atoms with van der Waals surface area (Å²) in [4.78, 5) is 11.8. The van der Waals surface area contributed by atoms with Gasteiger partial charge < -0.3 is 9.84 Å². The van der Waals surface area contributed by atoms with Crippen molar-refractivity contribution in [1.29, 1.82) is 0 Å². The van der Waals surface area contributed by atoms with Crippen molar-refractivity contribution >= 4 is 12.1 Å². The molecule has 24 heavy (non-hydrogen) atoms. The SMILES string of the molecule is COc1ccc(/C=N/NC(=O)c2ccc(C(F)(F)F)cc2)c(O)c1. The fourth-order valence-electron chi connectivity index (χ4n) is 1.80. The first-order chi connectivity index (χ1) is 11.3. The highest BCUT2D eigenvalue weighted by Crippen LogP contribution is 2.29. The van der Waals surface area contributed by atoms with E-state index in [4.69, 9.17) is 4.74 Å². The maximum Gasteiger partial charge on any atom is 0.416 e. The molecule has 5 nitrogen and oxygen atoms in total. The van der Waals surface area contributed by atoms with E-state index in [1.54, 1.807) is 6.07 Å². The van der Waals surface area contributed by atoms with Gasteiger partial charge >= 0.3 is 6.18 Å². The summed E-state index contributed by atoms with van der Waals surface area (Å²) in [5.41, 5.74) is 1.69. The topological polar surface area (TPSA) is 70.9 Å². The summed E-state index contributed by atoms with van der Waals surface area (Å²) in [6, 6.07) is 8.23. The number of hydrogen-bond donors (Lipinski definition) is 2. The minimum atomic E-state index is -4.46. The Kier molecular flexibility index (Phi) is 5.08. The molecular formula is C16H13F3N2O3. The van der Waals surface area contributed by atoms with Crippen LogP contribution in [0.15, 0.2) is 47.6 Å². The first kappa shape index (κ1) is 17.3. The molecule has 0 aliphatic rings. The molecule has 0 unspecified atom stereocenters. The molecule has 0 atom stereocenters. The number of hydrazone groups is 1. The summed E-state index contributed by atoms with van der Waals surface area (Å²) in [7, 11) is 1.45. The summed E-state index contributed by atoms with van der Waals surface area (Å²) in [5.74, 6) is -0.312. The second kappa shape index (κ2) is 7.03. The molecule has 2 N–H and O–H groups in total. The van der Waals surface area contributed by atoms with Crippen LogP contribution in [0.1, 0.15) is 21.5 Å². The van der Waals surface area contributed by atoms with Gasteiger partial charge in [-0.3, -0.25) is 4.79 Å². The van der Waals surface area contributed by atoms with Gasteiger partial charge in [0.15, 0.2) is 0 Å². The smallest absolute Gasteiger partial charge is 0.416 e. The number of phenols is 1. The highest BCUT2D eigenvalue weighted by atomic mass is 19.4. The number of methoxy groups -OCH3 is 1. The number of halogens is 3. The molecular weight excluding hydrogens is 325 g/mol. The molecule has 0 aliphatic heterocycles. The molecule has 0 bridgehead atoms. The Morgan fingerprint density at radius 1 is 1.21 bits per heavy atom. The number of nitrogens with one attached hydrogen (secondary N) is 1. The maximum atomic E-state index is 12.4. The second-order valence-corrected chi connectivity index (χ2v) is 4.70. The van der Waals surface area contributed by atoms with Crippen LogP contribution in [0, 0.1) is 0 Å². The average molecular weight is 338 g/mol. The molecule has 126 valence electrons. The normalized spacial score (nSPS) is 11.5. The maximum absolute atomic E-state index is 12.4. The van der Waals surface area contributed by atoms with Crippen LogP contribution in [0.5, 0.6) is 11.5 Å². The number of hydrogen-bond acceptors (Lipinski definition) is 4. The van der Waals surface area contributed by atoms with E-state index < -0.39 is 17.6 Å². The summed E-state index contributed by atoms with van der Waals surface area (Å²) in [6.07, 6.45) is -3.25. The molecule has 0 aromatic heterocycles. The number of carbonyl (C=O) groups excluding carboxylic acids is 1. The zero-order valence-electron chi connectivity index (χ0n) is 12.5. The predicted octanol–water partition coefficient (Wildman–Crippen LogP) is 3.18. The fraction of sp³-hybridized carbons (Fsp3) is 0.125. The van der Waals surface area contributed by atoms with Gasteiger partial charge in [0.25, 0.3) is 5.91 Å². The molecule has 0 fully saturated rings. The Morgan fingerprint density at radius 2 is 1.88 bits per heavy atom. The molecule has 1 amide bonds. The lowest BCUT2D eigenvalue weighted by atomic mass is 10.1. The van der Waals surface area contributed by atoms with Gasteiger partial charge in [0, 0.05) is 17.2 Å². The van der Waals surface area contributed by atoms with Crippen LogP contribution in [-0.2, 0) is 6.18 Å². The number of amides is 1. The van der Waals surface area contributed by atoms with Crippen LogP contribution in [0.3, 0.4) is 0 Å². The molecule has 0 spiro atoms. The number of carbonyl (C=O) groups is 1. The lowest BCUT2D eigenvalue weighted by molar-refractivity contribution is -0.137. The van der Waals surface area contributed by atoms with Crippen molar-refractivity contribution in [3.05, 3.63) is 59.2 Å². The molecule has 8 heteroatoms. The van der Waals surface area contributed by atoms with Gasteiger partial charge in [0.05, 0.1) is 18.9 Å². The van der Waals surface area contributed by atoms with Crippen LogP contribution < -0.4 is 10.2 Å². The van der Waals surface area contributed by atoms with Crippen molar-refractivity contribution in [3.63, 3.8) is 0 Å². The molecule has 0 saturated carbocycles. The van der Waals surface area contributed by atoms with Gasteiger partial charge in [-0.15, -0.1) is 0 Å².